The number of nitrogens with zero attached hydrogens (tertiary/aromatic N) is 2. The Morgan fingerprint density at radius 2 is 1.19 bits per heavy atom. The van der Waals surface area contributed by atoms with Gasteiger partial charge in [-0.25, -0.2) is 0 Å². The van der Waals surface area contributed by atoms with E-state index in [1.165, 1.54) is 0 Å². The van der Waals surface area contributed by atoms with Gasteiger partial charge in [0, 0.05) is 0 Å². The molecule has 0 spiro atoms. The van der Waals surface area contributed by atoms with Gasteiger partial charge < -0.3 is 4.84 Å². The van der Waals surface area contributed by atoms with E-state index in [2.05, 4.69) is 5.28 Å². The molecular formula is C6H15Cl6N2OSb. The fourth-order valence-corrected chi connectivity index (χ4v) is 0.204. The molecule has 0 heterocycles. The molecule has 10 heteroatoms. The van der Waals surface area contributed by atoms with Crippen molar-refractivity contribution in [3.05, 3.63) is 0 Å². The molecule has 0 aliphatic heterocycles. The van der Waals surface area contributed by atoms with Crippen molar-refractivity contribution < 1.29 is 9.53 Å². The van der Waals surface area contributed by atoms with E-state index in [1.54, 1.807) is 4.70 Å². The van der Waals surface area contributed by atoms with Gasteiger partial charge in [0.1, 0.15) is 5.60 Å². The number of hydrogen-bond acceptors (Lipinski definition) is 2. The van der Waals surface area contributed by atoms with Gasteiger partial charge in [0.05, 0.1) is 0 Å². The third-order valence-electron chi connectivity index (χ3n) is 0.478. The third kappa shape index (κ3) is 56.4. The van der Waals surface area contributed by atoms with Gasteiger partial charge in [-0.05, 0) is 20.8 Å². The fraction of sp³-hybridized carbons (Fsp3) is 1.00. The van der Waals surface area contributed by atoms with Crippen LogP contribution in [-0.4, -0.2) is 33.5 Å². The second-order valence-electron chi connectivity index (χ2n) is 4.09. The first kappa shape index (κ1) is 20.3. The van der Waals surface area contributed by atoms with Crippen molar-refractivity contribution in [2.75, 3.05) is 14.1 Å². The van der Waals surface area contributed by atoms with Crippen molar-refractivity contribution in [1.29, 1.82) is 0 Å². The summed E-state index contributed by atoms with van der Waals surface area (Å²) >= 11 is 0. The first-order valence-corrected chi connectivity index (χ1v) is 23.4. The summed E-state index contributed by atoms with van der Waals surface area (Å²) in [7, 11) is 28.6. The molecule has 0 saturated heterocycles. The molecule has 0 amide bonds. The Morgan fingerprint density at radius 3 is 1.25 bits per heavy atom. The molecular weight excluding hydrogens is 451 g/mol. The molecule has 102 valence electrons. The summed E-state index contributed by atoms with van der Waals surface area (Å²) in [6.45, 7) is 5.88. The number of halogens is 6. The van der Waals surface area contributed by atoms with E-state index >= 15 is 0 Å². The van der Waals surface area contributed by atoms with Crippen LogP contribution in [-0.2, 0) is 4.84 Å². The van der Waals surface area contributed by atoms with Crippen LogP contribution < -0.4 is 0 Å². The molecule has 3 nitrogen and oxygen atoms in total. The molecule has 0 rings (SSSR count). The minimum absolute atomic E-state index is 0.176. The van der Waals surface area contributed by atoms with E-state index in [0.717, 1.165) is 0 Å². The molecule has 0 aromatic rings. The molecule has 0 radical (unpaired) electrons. The van der Waals surface area contributed by atoms with Crippen LogP contribution in [0.5, 0.6) is 0 Å². The first-order valence-electron chi connectivity index (χ1n) is 4.00. The fourth-order valence-electron chi connectivity index (χ4n) is 0.204. The van der Waals surface area contributed by atoms with E-state index in [1.807, 2.05) is 34.9 Å². The summed E-state index contributed by atoms with van der Waals surface area (Å²) < 4.78 is 1.63. The quantitative estimate of drug-likeness (QED) is 0.226. The molecule has 0 aliphatic carbocycles. The van der Waals surface area contributed by atoms with Gasteiger partial charge in [0.15, 0.2) is 19.4 Å². The van der Waals surface area contributed by atoms with Gasteiger partial charge >= 0.3 is 62.1 Å². The second kappa shape index (κ2) is 5.52. The molecule has 0 aromatic heterocycles. The van der Waals surface area contributed by atoms with Gasteiger partial charge in [-0.2, -0.15) is 0 Å². The van der Waals surface area contributed by atoms with Crippen LogP contribution in [0.25, 0.3) is 0 Å². The van der Waals surface area contributed by atoms with Crippen LogP contribution in [0.4, 0.5) is 0 Å². The van der Waals surface area contributed by atoms with E-state index < -0.39 is 9.14 Å². The van der Waals surface area contributed by atoms with Crippen LogP contribution in [0.3, 0.4) is 0 Å². The summed E-state index contributed by atoms with van der Waals surface area (Å²) in [5.41, 5.74) is -0.176. The van der Waals surface area contributed by atoms with Crippen LogP contribution in [0, 0.1) is 0 Å². The molecule has 0 aliphatic rings. The molecule has 0 aromatic carbocycles. The van der Waals surface area contributed by atoms with Crippen molar-refractivity contribution in [1.82, 2.24) is 0 Å². The molecule has 16 heavy (non-hydrogen) atoms. The van der Waals surface area contributed by atoms with Crippen molar-refractivity contribution in [3.63, 3.8) is 0 Å². The van der Waals surface area contributed by atoms with Crippen molar-refractivity contribution in [2.45, 2.75) is 26.4 Å². The summed E-state index contributed by atoms with van der Waals surface area (Å²) in [4.78, 5) is 5.04. The van der Waals surface area contributed by atoms with Crippen LogP contribution >= 0.6 is 53.0 Å². The van der Waals surface area contributed by atoms with Gasteiger partial charge in [-0.1, -0.05) is 4.70 Å². The SMILES string of the molecule is C[N+](C)=NOC(C)(C)C.[Cl][Sb-]([Cl])([Cl])([Cl])([Cl])[Cl]. The maximum absolute atomic E-state index is 5.42. The third-order valence-corrected chi connectivity index (χ3v) is 0.478. The van der Waals surface area contributed by atoms with Crippen LogP contribution in [0.15, 0.2) is 5.28 Å². The van der Waals surface area contributed by atoms with Crippen molar-refractivity contribution in [3.8, 4) is 0 Å². The standard InChI is InChI=1S/C6H15N2O.6ClH.Sb/c1-6(2,3)9-7-8(4)5;;;;;;;/h1-5H3;6*1H;/q+1;;;;;;;+5/p-6. The Balaban J connectivity index is 0. The monoisotopic (exact) mass is 462 g/mol. The maximum atomic E-state index is 5.06. The summed E-state index contributed by atoms with van der Waals surface area (Å²) in [5, 5.41) is 3.73. The van der Waals surface area contributed by atoms with Gasteiger partial charge in [0.2, 0.25) is 0 Å². The Kier molecular flexibility index (Phi) is 7.00. The average Bonchev–Trinajstić information content (AvgIpc) is 1.73. The van der Waals surface area contributed by atoms with Crippen molar-refractivity contribution in [2.24, 2.45) is 5.28 Å². The van der Waals surface area contributed by atoms with E-state index in [0.29, 0.717) is 0 Å². The predicted molar refractivity (Wildman–Crippen MR) is 76.2 cm³/mol. The normalized spacial score (nSPS) is 16.2. The number of rotatable bonds is 1. The summed E-state index contributed by atoms with van der Waals surface area (Å²) in [5.74, 6) is 0. The minimum atomic E-state index is -5.42. The van der Waals surface area contributed by atoms with Gasteiger partial charge in [-0.3, -0.25) is 0 Å². The zero-order chi connectivity index (χ0) is 13.9. The van der Waals surface area contributed by atoms with Crippen LogP contribution in [0.1, 0.15) is 20.8 Å². The molecule has 0 unspecified atom stereocenters. The molecule has 0 bridgehead atoms. The van der Waals surface area contributed by atoms with E-state index in [-0.39, 0.29) is 5.60 Å². The second-order valence-corrected chi connectivity index (χ2v) is 61.0. The topological polar surface area (TPSA) is 24.6 Å². The number of hydrogen-bond donors (Lipinski definition) is 0. The Bertz CT molecular complexity index is 247. The molecule has 0 fully saturated rings. The zero-order valence-corrected chi connectivity index (χ0v) is 16.6. The average molecular weight is 466 g/mol. The predicted octanol–water partition coefficient (Wildman–Crippen LogP) is 5.20. The molecule has 0 N–H and O–H groups in total. The zero-order valence-electron chi connectivity index (χ0n) is 9.52. The molecule has 0 atom stereocenters. The van der Waals surface area contributed by atoms with Gasteiger partial charge in [0.25, 0.3) is 0 Å². The van der Waals surface area contributed by atoms with Crippen LogP contribution in [0.2, 0.25) is 0 Å². The Morgan fingerprint density at radius 1 is 0.938 bits per heavy atom. The first-order chi connectivity index (χ1) is 6.37. The summed E-state index contributed by atoms with van der Waals surface area (Å²) in [6, 6.07) is 0. The van der Waals surface area contributed by atoms with E-state index in [9.17, 15) is 0 Å². The molecule has 0 saturated carbocycles. The summed E-state index contributed by atoms with van der Waals surface area (Å²) in [6.07, 6.45) is 0. The Labute approximate surface area is 116 Å². The Hall–Kier alpha value is 1.96. The van der Waals surface area contributed by atoms with E-state index in [4.69, 9.17) is 57.8 Å². The van der Waals surface area contributed by atoms with Crippen molar-refractivity contribution >= 4 is 62.1 Å². The van der Waals surface area contributed by atoms with Gasteiger partial charge in [-0.15, -0.1) is 0 Å².